The van der Waals surface area contributed by atoms with E-state index in [4.69, 9.17) is 4.98 Å². The lowest BCUT2D eigenvalue weighted by atomic mass is 10.0. The van der Waals surface area contributed by atoms with E-state index in [9.17, 15) is 0 Å². The fraction of sp³-hybridized carbons (Fsp3) is 0.500. The predicted octanol–water partition coefficient (Wildman–Crippen LogP) is 4.04. The van der Waals surface area contributed by atoms with Crippen molar-refractivity contribution in [3.8, 4) is 5.82 Å². The van der Waals surface area contributed by atoms with Gasteiger partial charge in [-0.1, -0.05) is 13.0 Å². The van der Waals surface area contributed by atoms with Gasteiger partial charge in [0.25, 0.3) is 0 Å². The maximum atomic E-state index is 4.72. The third kappa shape index (κ3) is 2.62. The van der Waals surface area contributed by atoms with E-state index in [1.54, 1.807) is 0 Å². The van der Waals surface area contributed by atoms with Crippen molar-refractivity contribution < 1.29 is 0 Å². The van der Waals surface area contributed by atoms with Crippen LogP contribution in [-0.2, 0) is 0 Å². The van der Waals surface area contributed by atoms with Gasteiger partial charge in [-0.15, -0.1) is 0 Å². The molecular weight excluding hydrogens is 258 g/mol. The molecule has 1 atom stereocenters. The summed E-state index contributed by atoms with van der Waals surface area (Å²) in [5.74, 6) is 1.12. The van der Waals surface area contributed by atoms with Crippen LogP contribution in [0.15, 0.2) is 30.5 Å². The number of likely N-dealkylation sites (tertiary alicyclic amines) is 1. The molecule has 0 amide bonds. The summed E-state index contributed by atoms with van der Waals surface area (Å²) >= 11 is 0. The van der Waals surface area contributed by atoms with Crippen molar-refractivity contribution in [1.82, 2.24) is 14.5 Å². The normalized spacial score (nSPS) is 19.3. The van der Waals surface area contributed by atoms with E-state index in [1.807, 2.05) is 6.20 Å². The smallest absolute Gasteiger partial charge is 0.141 e. The lowest BCUT2D eigenvalue weighted by Crippen LogP contribution is -2.25. The number of rotatable bonds is 4. The highest BCUT2D eigenvalue weighted by Gasteiger charge is 2.28. The number of aryl methyl sites for hydroxylation is 2. The van der Waals surface area contributed by atoms with Gasteiger partial charge < -0.3 is 4.57 Å². The highest BCUT2D eigenvalue weighted by Crippen LogP contribution is 2.35. The third-order valence-corrected chi connectivity index (χ3v) is 4.53. The molecule has 3 rings (SSSR count). The summed E-state index contributed by atoms with van der Waals surface area (Å²) in [5, 5.41) is 0. The second-order valence-corrected chi connectivity index (χ2v) is 6.06. The highest BCUT2D eigenvalue weighted by molar-refractivity contribution is 5.41. The molecule has 0 spiro atoms. The first kappa shape index (κ1) is 14.3. The lowest BCUT2D eigenvalue weighted by molar-refractivity contribution is 0.257. The Hall–Kier alpha value is -1.61. The molecule has 2 aromatic heterocycles. The Morgan fingerprint density at radius 2 is 1.95 bits per heavy atom. The lowest BCUT2D eigenvalue weighted by Gasteiger charge is -2.26. The van der Waals surface area contributed by atoms with E-state index in [1.165, 1.54) is 49.3 Å². The molecule has 1 aliphatic rings. The monoisotopic (exact) mass is 283 g/mol. The van der Waals surface area contributed by atoms with E-state index in [2.05, 4.69) is 54.5 Å². The molecule has 1 aliphatic heterocycles. The van der Waals surface area contributed by atoms with Gasteiger partial charge in [0.05, 0.1) is 0 Å². The summed E-state index contributed by atoms with van der Waals surface area (Å²) in [4.78, 5) is 7.34. The molecule has 3 heteroatoms. The summed E-state index contributed by atoms with van der Waals surface area (Å²) in [6.45, 7) is 8.98. The summed E-state index contributed by atoms with van der Waals surface area (Å²) in [5.41, 5.74) is 3.89. The van der Waals surface area contributed by atoms with Crippen LogP contribution in [0.3, 0.4) is 0 Å². The van der Waals surface area contributed by atoms with Gasteiger partial charge in [-0.3, -0.25) is 4.90 Å². The first-order chi connectivity index (χ1) is 10.2. The van der Waals surface area contributed by atoms with Gasteiger partial charge in [-0.25, -0.2) is 4.98 Å². The first-order valence-electron chi connectivity index (χ1n) is 8.06. The van der Waals surface area contributed by atoms with Gasteiger partial charge in [0.15, 0.2) is 0 Å². The molecule has 3 heterocycles. The number of nitrogens with zero attached hydrogens (tertiary/aromatic N) is 3. The molecule has 0 bridgehead atoms. The second kappa shape index (κ2) is 6.02. The minimum Gasteiger partial charge on any atom is -0.303 e. The van der Waals surface area contributed by atoms with Crippen LogP contribution in [0.2, 0.25) is 0 Å². The highest BCUT2D eigenvalue weighted by atomic mass is 15.2. The van der Waals surface area contributed by atoms with Gasteiger partial charge in [0.2, 0.25) is 0 Å². The Morgan fingerprint density at radius 1 is 1.19 bits per heavy atom. The van der Waals surface area contributed by atoms with Gasteiger partial charge in [-0.2, -0.15) is 0 Å². The van der Waals surface area contributed by atoms with Crippen molar-refractivity contribution in [2.45, 2.75) is 46.1 Å². The van der Waals surface area contributed by atoms with Crippen molar-refractivity contribution in [2.75, 3.05) is 13.1 Å². The van der Waals surface area contributed by atoms with Crippen molar-refractivity contribution in [1.29, 1.82) is 0 Å². The molecule has 3 nitrogen and oxygen atoms in total. The summed E-state index contributed by atoms with van der Waals surface area (Å²) < 4.78 is 2.29. The van der Waals surface area contributed by atoms with Crippen LogP contribution in [0.4, 0.5) is 0 Å². The number of hydrogen-bond acceptors (Lipinski definition) is 2. The molecule has 0 radical (unpaired) electrons. The summed E-state index contributed by atoms with van der Waals surface area (Å²) in [6, 6.07) is 9.21. The van der Waals surface area contributed by atoms with Crippen LogP contribution in [0.25, 0.3) is 5.82 Å². The van der Waals surface area contributed by atoms with Gasteiger partial charge in [0.1, 0.15) is 5.82 Å². The van der Waals surface area contributed by atoms with Crippen LogP contribution < -0.4 is 0 Å². The van der Waals surface area contributed by atoms with Gasteiger partial charge in [0, 0.05) is 29.2 Å². The van der Waals surface area contributed by atoms with Crippen LogP contribution in [0.5, 0.6) is 0 Å². The molecule has 1 fully saturated rings. The quantitative estimate of drug-likeness (QED) is 0.844. The Bertz CT molecular complexity index is 595. The molecule has 21 heavy (non-hydrogen) atoms. The zero-order valence-electron chi connectivity index (χ0n) is 13.3. The van der Waals surface area contributed by atoms with Crippen LogP contribution in [0, 0.1) is 13.8 Å². The van der Waals surface area contributed by atoms with E-state index in [-0.39, 0.29) is 0 Å². The first-order valence-corrected chi connectivity index (χ1v) is 8.06. The molecular formula is C18H25N3. The van der Waals surface area contributed by atoms with Crippen LogP contribution in [0.1, 0.15) is 49.2 Å². The Kier molecular flexibility index (Phi) is 4.11. The molecule has 112 valence electrons. The minimum absolute atomic E-state index is 0.523. The average molecular weight is 283 g/mol. The van der Waals surface area contributed by atoms with Crippen LogP contribution >= 0.6 is 0 Å². The molecule has 0 aromatic carbocycles. The van der Waals surface area contributed by atoms with E-state index < -0.39 is 0 Å². The number of pyridine rings is 1. The fourth-order valence-corrected chi connectivity index (χ4v) is 3.59. The molecule has 2 aromatic rings. The SMILES string of the molecule is CCCN1CCCC1c1cccnc1-n1c(C)ccc1C. The van der Waals surface area contributed by atoms with Gasteiger partial charge >= 0.3 is 0 Å². The minimum atomic E-state index is 0.523. The Balaban J connectivity index is 2.04. The molecule has 0 saturated carbocycles. The zero-order chi connectivity index (χ0) is 14.8. The maximum absolute atomic E-state index is 4.72. The Labute approximate surface area is 127 Å². The Morgan fingerprint density at radius 3 is 2.67 bits per heavy atom. The average Bonchev–Trinajstić information content (AvgIpc) is 3.07. The van der Waals surface area contributed by atoms with Crippen molar-refractivity contribution >= 4 is 0 Å². The van der Waals surface area contributed by atoms with Crippen molar-refractivity contribution in [3.05, 3.63) is 47.4 Å². The second-order valence-electron chi connectivity index (χ2n) is 6.06. The molecule has 0 N–H and O–H groups in total. The van der Waals surface area contributed by atoms with E-state index in [0.717, 1.165) is 5.82 Å². The summed E-state index contributed by atoms with van der Waals surface area (Å²) in [7, 11) is 0. The van der Waals surface area contributed by atoms with Gasteiger partial charge in [-0.05, 0) is 64.4 Å². The fourth-order valence-electron chi connectivity index (χ4n) is 3.59. The zero-order valence-corrected chi connectivity index (χ0v) is 13.3. The van der Waals surface area contributed by atoms with Crippen molar-refractivity contribution in [2.24, 2.45) is 0 Å². The number of aromatic nitrogens is 2. The van der Waals surface area contributed by atoms with E-state index >= 15 is 0 Å². The summed E-state index contributed by atoms with van der Waals surface area (Å²) in [6.07, 6.45) is 5.67. The number of hydrogen-bond donors (Lipinski definition) is 0. The van der Waals surface area contributed by atoms with E-state index in [0.29, 0.717) is 6.04 Å². The topological polar surface area (TPSA) is 21.1 Å². The van der Waals surface area contributed by atoms with Crippen LogP contribution in [-0.4, -0.2) is 27.5 Å². The standard InChI is InChI=1S/C18H25N3/c1-4-12-20-13-6-8-17(20)16-7-5-11-19-18(16)21-14(2)9-10-15(21)3/h5,7,9-11,17H,4,6,8,12-13H2,1-3H3. The maximum Gasteiger partial charge on any atom is 0.141 e. The molecule has 0 aliphatic carbocycles. The third-order valence-electron chi connectivity index (χ3n) is 4.53. The predicted molar refractivity (Wildman–Crippen MR) is 86.9 cm³/mol. The van der Waals surface area contributed by atoms with Crippen molar-refractivity contribution in [3.63, 3.8) is 0 Å². The largest absolute Gasteiger partial charge is 0.303 e. The molecule has 1 saturated heterocycles. The molecule has 1 unspecified atom stereocenters.